The van der Waals surface area contributed by atoms with Crippen LogP contribution in [0.1, 0.15) is 31.1 Å². The molecule has 0 unspecified atom stereocenters. The van der Waals surface area contributed by atoms with E-state index in [-0.39, 0.29) is 17.1 Å². The molecule has 0 aliphatic heterocycles. The zero-order chi connectivity index (χ0) is 16.9. The first-order valence-corrected chi connectivity index (χ1v) is 6.26. The van der Waals surface area contributed by atoms with Crippen molar-refractivity contribution < 1.29 is 33.8 Å². The van der Waals surface area contributed by atoms with Gasteiger partial charge < -0.3 is 19.9 Å². The van der Waals surface area contributed by atoms with E-state index >= 15 is 0 Å². The number of aliphatic carboxylic acids is 1. The molecule has 0 saturated carbocycles. The maximum Gasteiger partial charge on any atom is 0.325 e. The molecule has 0 aromatic heterocycles. The van der Waals surface area contributed by atoms with E-state index in [0.29, 0.717) is 0 Å². The SMILES string of the molecule is CC(=O)Oc1cccc(C(=O)N[C@@H](C)C(=O)O)c1OC(C)=O. The summed E-state index contributed by atoms with van der Waals surface area (Å²) in [6.45, 7) is 3.55. The highest BCUT2D eigenvalue weighted by molar-refractivity contribution is 6.00. The van der Waals surface area contributed by atoms with Gasteiger partial charge in [0.2, 0.25) is 0 Å². The lowest BCUT2D eigenvalue weighted by molar-refractivity contribution is -0.138. The highest BCUT2D eigenvalue weighted by Crippen LogP contribution is 2.31. The van der Waals surface area contributed by atoms with Gasteiger partial charge >= 0.3 is 17.9 Å². The lowest BCUT2D eigenvalue weighted by atomic mass is 10.1. The van der Waals surface area contributed by atoms with Gasteiger partial charge in [-0.3, -0.25) is 19.2 Å². The summed E-state index contributed by atoms with van der Waals surface area (Å²) in [5.74, 6) is -3.75. The molecule has 8 heteroatoms. The molecule has 1 aromatic carbocycles. The first kappa shape index (κ1) is 17.2. The highest BCUT2D eigenvalue weighted by atomic mass is 16.6. The van der Waals surface area contributed by atoms with Gasteiger partial charge in [0.1, 0.15) is 6.04 Å². The number of hydrogen-bond donors (Lipinski definition) is 2. The molecule has 0 saturated heterocycles. The third-order valence-corrected chi connectivity index (χ3v) is 2.44. The zero-order valence-electron chi connectivity index (χ0n) is 12.2. The zero-order valence-corrected chi connectivity index (χ0v) is 12.2. The molecule has 2 N–H and O–H groups in total. The van der Waals surface area contributed by atoms with Crippen LogP contribution in [0.25, 0.3) is 0 Å². The van der Waals surface area contributed by atoms with Crippen molar-refractivity contribution in [2.24, 2.45) is 0 Å². The van der Waals surface area contributed by atoms with Crippen LogP contribution in [0, 0.1) is 0 Å². The number of carboxylic acid groups (broad SMARTS) is 1. The average molecular weight is 309 g/mol. The van der Waals surface area contributed by atoms with E-state index in [0.717, 1.165) is 13.8 Å². The Kier molecular flexibility index (Phi) is 5.62. The summed E-state index contributed by atoms with van der Waals surface area (Å²) in [6, 6.07) is 2.92. The highest BCUT2D eigenvalue weighted by Gasteiger charge is 2.22. The number of rotatable bonds is 5. The molecular formula is C14H15NO7. The second-order valence-electron chi connectivity index (χ2n) is 4.35. The summed E-state index contributed by atoms with van der Waals surface area (Å²) >= 11 is 0. The summed E-state index contributed by atoms with van der Waals surface area (Å²) in [5.41, 5.74) is -0.123. The summed E-state index contributed by atoms with van der Waals surface area (Å²) in [4.78, 5) is 45.1. The van der Waals surface area contributed by atoms with E-state index in [1.54, 1.807) is 0 Å². The maximum absolute atomic E-state index is 12.1. The fourth-order valence-electron chi connectivity index (χ4n) is 1.51. The topological polar surface area (TPSA) is 119 Å². The van der Waals surface area contributed by atoms with E-state index in [2.05, 4.69) is 5.32 Å². The van der Waals surface area contributed by atoms with Crippen molar-refractivity contribution >= 4 is 23.8 Å². The van der Waals surface area contributed by atoms with Crippen molar-refractivity contribution in [3.8, 4) is 11.5 Å². The maximum atomic E-state index is 12.1. The molecule has 0 heterocycles. The quantitative estimate of drug-likeness (QED) is 0.608. The molecule has 0 fully saturated rings. The second-order valence-corrected chi connectivity index (χ2v) is 4.35. The van der Waals surface area contributed by atoms with Crippen molar-refractivity contribution in [1.82, 2.24) is 5.32 Å². The first-order chi connectivity index (χ1) is 10.2. The van der Waals surface area contributed by atoms with Crippen molar-refractivity contribution in [2.45, 2.75) is 26.8 Å². The monoisotopic (exact) mass is 309 g/mol. The first-order valence-electron chi connectivity index (χ1n) is 6.26. The molecule has 1 aromatic rings. The number of carbonyl (C=O) groups excluding carboxylic acids is 3. The third kappa shape index (κ3) is 4.58. The molecule has 0 radical (unpaired) electrons. The van der Waals surface area contributed by atoms with Crippen molar-refractivity contribution in [3.63, 3.8) is 0 Å². The largest absolute Gasteiger partial charge is 0.480 e. The number of ether oxygens (including phenoxy) is 2. The standard InChI is InChI=1S/C14H15NO7/c1-7(14(19)20)15-13(18)10-5-4-6-11(21-8(2)16)12(10)22-9(3)17/h4-7H,1-3H3,(H,15,18)(H,19,20)/t7-/m0/s1. The summed E-state index contributed by atoms with van der Waals surface area (Å²) < 4.78 is 9.79. The predicted octanol–water partition coefficient (Wildman–Crippen LogP) is 0.740. The number of carbonyl (C=O) groups is 4. The number of carboxylic acids is 1. The van der Waals surface area contributed by atoms with Crippen LogP contribution in [-0.4, -0.2) is 35.0 Å². The fourth-order valence-corrected chi connectivity index (χ4v) is 1.51. The number of hydrogen-bond acceptors (Lipinski definition) is 6. The van der Waals surface area contributed by atoms with Crippen LogP contribution in [0.15, 0.2) is 18.2 Å². The lowest BCUT2D eigenvalue weighted by Gasteiger charge is -2.14. The van der Waals surface area contributed by atoms with Crippen molar-refractivity contribution in [2.75, 3.05) is 0 Å². The number of esters is 2. The molecule has 8 nitrogen and oxygen atoms in total. The van der Waals surface area contributed by atoms with E-state index < -0.39 is 29.9 Å². The van der Waals surface area contributed by atoms with Crippen LogP contribution in [-0.2, 0) is 14.4 Å². The van der Waals surface area contributed by atoms with Crippen LogP contribution in [0.3, 0.4) is 0 Å². The van der Waals surface area contributed by atoms with Crippen LogP contribution >= 0.6 is 0 Å². The van der Waals surface area contributed by atoms with E-state index in [4.69, 9.17) is 14.6 Å². The van der Waals surface area contributed by atoms with E-state index in [1.165, 1.54) is 25.1 Å². The van der Waals surface area contributed by atoms with Crippen LogP contribution in [0.5, 0.6) is 11.5 Å². The molecule has 1 rings (SSSR count). The minimum absolute atomic E-state index is 0.113. The van der Waals surface area contributed by atoms with Crippen LogP contribution < -0.4 is 14.8 Å². The van der Waals surface area contributed by atoms with Crippen LogP contribution in [0.2, 0.25) is 0 Å². The third-order valence-electron chi connectivity index (χ3n) is 2.44. The second kappa shape index (κ2) is 7.21. The minimum atomic E-state index is -1.22. The summed E-state index contributed by atoms with van der Waals surface area (Å²) in [6.07, 6.45) is 0. The van der Waals surface area contributed by atoms with E-state index in [1.807, 2.05) is 0 Å². The molecular weight excluding hydrogens is 294 g/mol. The van der Waals surface area contributed by atoms with Gasteiger partial charge in [0.05, 0.1) is 5.56 Å². The van der Waals surface area contributed by atoms with Gasteiger partial charge in [0, 0.05) is 13.8 Å². The molecule has 0 aliphatic rings. The summed E-state index contributed by atoms with van der Waals surface area (Å²) in [7, 11) is 0. The smallest absolute Gasteiger partial charge is 0.325 e. The number of nitrogens with one attached hydrogen (secondary N) is 1. The molecule has 118 valence electrons. The van der Waals surface area contributed by atoms with Crippen LogP contribution in [0.4, 0.5) is 0 Å². The lowest BCUT2D eigenvalue weighted by Crippen LogP contribution is -2.38. The fraction of sp³-hybridized carbons (Fsp3) is 0.286. The number of para-hydroxylation sites is 1. The van der Waals surface area contributed by atoms with Gasteiger partial charge in [-0.2, -0.15) is 0 Å². The Bertz CT molecular complexity index is 624. The molecule has 0 bridgehead atoms. The molecule has 0 spiro atoms. The Morgan fingerprint density at radius 2 is 1.68 bits per heavy atom. The van der Waals surface area contributed by atoms with Gasteiger partial charge in [-0.25, -0.2) is 0 Å². The van der Waals surface area contributed by atoms with Gasteiger partial charge in [-0.05, 0) is 19.1 Å². The Labute approximate surface area is 126 Å². The van der Waals surface area contributed by atoms with Gasteiger partial charge in [-0.15, -0.1) is 0 Å². The Morgan fingerprint density at radius 1 is 1.09 bits per heavy atom. The van der Waals surface area contributed by atoms with Gasteiger partial charge in [0.25, 0.3) is 5.91 Å². The molecule has 1 amide bonds. The molecule has 0 aliphatic carbocycles. The Morgan fingerprint density at radius 3 is 2.18 bits per heavy atom. The number of amides is 1. The van der Waals surface area contributed by atoms with Crippen molar-refractivity contribution in [1.29, 1.82) is 0 Å². The molecule has 22 heavy (non-hydrogen) atoms. The predicted molar refractivity (Wildman–Crippen MR) is 73.6 cm³/mol. The number of benzene rings is 1. The summed E-state index contributed by atoms with van der Waals surface area (Å²) in [5, 5.41) is 11.0. The Balaban J connectivity index is 3.21. The van der Waals surface area contributed by atoms with Gasteiger partial charge in [0.15, 0.2) is 11.5 Å². The van der Waals surface area contributed by atoms with Gasteiger partial charge in [-0.1, -0.05) is 6.07 Å². The van der Waals surface area contributed by atoms with Crippen molar-refractivity contribution in [3.05, 3.63) is 23.8 Å². The minimum Gasteiger partial charge on any atom is -0.480 e. The molecule has 1 atom stereocenters. The van der Waals surface area contributed by atoms with E-state index in [9.17, 15) is 19.2 Å². The Hall–Kier alpha value is -2.90. The normalized spacial score (nSPS) is 11.2. The average Bonchev–Trinajstić information content (AvgIpc) is 2.39.